The van der Waals surface area contributed by atoms with Crippen molar-refractivity contribution in [3.05, 3.63) is 29.8 Å². The van der Waals surface area contributed by atoms with E-state index < -0.39 is 6.10 Å². The molecule has 2 N–H and O–H groups in total. The summed E-state index contributed by atoms with van der Waals surface area (Å²) < 4.78 is 10.8. The summed E-state index contributed by atoms with van der Waals surface area (Å²) in [5.74, 6) is 0.814. The molecule has 0 aliphatic rings. The number of benzene rings is 1. The van der Waals surface area contributed by atoms with E-state index in [2.05, 4.69) is 24.3 Å². The summed E-state index contributed by atoms with van der Waals surface area (Å²) in [6.45, 7) is 3.27. The molecule has 0 radical (unpaired) electrons. The largest absolute Gasteiger partial charge is 0.496 e. The molecule has 1 unspecified atom stereocenters. The van der Waals surface area contributed by atoms with Crippen molar-refractivity contribution in [3.63, 3.8) is 0 Å². The van der Waals surface area contributed by atoms with Crippen molar-refractivity contribution in [3.8, 4) is 5.75 Å². The van der Waals surface area contributed by atoms with Crippen molar-refractivity contribution < 1.29 is 14.6 Å². The monoisotopic (exact) mass is 296 g/mol. The van der Waals surface area contributed by atoms with Crippen LogP contribution in [0.1, 0.15) is 12.0 Å². The zero-order valence-corrected chi connectivity index (χ0v) is 13.3. The maximum atomic E-state index is 9.83. The van der Waals surface area contributed by atoms with E-state index in [9.17, 15) is 5.11 Å². The number of aliphatic hydroxyl groups excluding tert-OH is 1. The molecule has 120 valence electrons. The van der Waals surface area contributed by atoms with Crippen LogP contribution in [0.3, 0.4) is 0 Å². The van der Waals surface area contributed by atoms with Gasteiger partial charge >= 0.3 is 0 Å². The summed E-state index contributed by atoms with van der Waals surface area (Å²) in [4.78, 5) is 2.15. The fraction of sp³-hybridized carbons (Fsp3) is 0.625. The fourth-order valence-corrected chi connectivity index (χ4v) is 1.98. The van der Waals surface area contributed by atoms with Crippen molar-refractivity contribution in [2.24, 2.45) is 0 Å². The molecule has 0 amide bonds. The van der Waals surface area contributed by atoms with Crippen molar-refractivity contribution in [1.82, 2.24) is 10.2 Å². The lowest BCUT2D eigenvalue weighted by atomic mass is 10.2. The second-order valence-corrected chi connectivity index (χ2v) is 5.34. The summed E-state index contributed by atoms with van der Waals surface area (Å²) in [6, 6.07) is 7.74. The molecule has 1 aromatic rings. The van der Waals surface area contributed by atoms with Gasteiger partial charge in [-0.2, -0.15) is 0 Å². The highest BCUT2D eigenvalue weighted by molar-refractivity contribution is 5.32. The number of ether oxygens (including phenoxy) is 2. The molecule has 1 atom stereocenters. The SMILES string of the molecule is COc1ccccc1COCC(O)CNCCCN(C)C. The zero-order chi connectivity index (χ0) is 15.5. The summed E-state index contributed by atoms with van der Waals surface area (Å²) in [5.41, 5.74) is 0.992. The first-order chi connectivity index (χ1) is 10.1. The van der Waals surface area contributed by atoms with Crippen LogP contribution in [0.25, 0.3) is 0 Å². The number of nitrogens with zero attached hydrogens (tertiary/aromatic N) is 1. The number of para-hydroxylation sites is 1. The molecule has 5 nitrogen and oxygen atoms in total. The van der Waals surface area contributed by atoms with E-state index in [4.69, 9.17) is 9.47 Å². The van der Waals surface area contributed by atoms with Crippen molar-refractivity contribution in [2.45, 2.75) is 19.1 Å². The van der Waals surface area contributed by atoms with Crippen LogP contribution < -0.4 is 10.1 Å². The topological polar surface area (TPSA) is 54.0 Å². The van der Waals surface area contributed by atoms with Crippen LogP contribution in [0.2, 0.25) is 0 Å². The van der Waals surface area contributed by atoms with Gasteiger partial charge in [0.2, 0.25) is 0 Å². The molecule has 0 bridgehead atoms. The Labute approximate surface area is 127 Å². The summed E-state index contributed by atoms with van der Waals surface area (Å²) in [5, 5.41) is 13.1. The highest BCUT2D eigenvalue weighted by Gasteiger charge is 2.06. The number of nitrogens with one attached hydrogen (secondary N) is 1. The average molecular weight is 296 g/mol. The highest BCUT2D eigenvalue weighted by atomic mass is 16.5. The van der Waals surface area contributed by atoms with Gasteiger partial charge in [0.25, 0.3) is 0 Å². The Hall–Kier alpha value is -1.14. The lowest BCUT2D eigenvalue weighted by Gasteiger charge is -2.14. The van der Waals surface area contributed by atoms with E-state index in [-0.39, 0.29) is 0 Å². The van der Waals surface area contributed by atoms with E-state index >= 15 is 0 Å². The van der Waals surface area contributed by atoms with E-state index in [0.717, 1.165) is 30.8 Å². The molecule has 21 heavy (non-hydrogen) atoms. The van der Waals surface area contributed by atoms with E-state index in [0.29, 0.717) is 19.8 Å². The number of rotatable bonds is 11. The van der Waals surface area contributed by atoms with Gasteiger partial charge in [-0.15, -0.1) is 0 Å². The van der Waals surface area contributed by atoms with E-state index in [1.165, 1.54) is 0 Å². The minimum Gasteiger partial charge on any atom is -0.496 e. The zero-order valence-electron chi connectivity index (χ0n) is 13.3. The molecule has 0 aliphatic carbocycles. The first kappa shape index (κ1) is 17.9. The Morgan fingerprint density at radius 1 is 1.29 bits per heavy atom. The van der Waals surface area contributed by atoms with Gasteiger partial charge in [-0.05, 0) is 39.7 Å². The van der Waals surface area contributed by atoms with Gasteiger partial charge in [0.05, 0.1) is 26.4 Å². The Balaban J connectivity index is 2.11. The summed E-state index contributed by atoms with van der Waals surface area (Å²) in [7, 11) is 5.76. The van der Waals surface area contributed by atoms with E-state index in [1.807, 2.05) is 24.3 Å². The molecular weight excluding hydrogens is 268 g/mol. The normalized spacial score (nSPS) is 12.6. The number of methoxy groups -OCH3 is 1. The molecular formula is C16H28N2O3. The molecule has 0 spiro atoms. The fourth-order valence-electron chi connectivity index (χ4n) is 1.98. The number of hydrogen-bond donors (Lipinski definition) is 2. The molecule has 5 heteroatoms. The Morgan fingerprint density at radius 3 is 2.76 bits per heavy atom. The van der Waals surface area contributed by atoms with Crippen molar-refractivity contribution in [2.75, 3.05) is 47.4 Å². The molecule has 0 heterocycles. The van der Waals surface area contributed by atoms with Gasteiger partial charge < -0.3 is 24.8 Å². The first-order valence-electron chi connectivity index (χ1n) is 7.36. The Bertz CT molecular complexity index is 386. The molecule has 0 aliphatic heterocycles. The van der Waals surface area contributed by atoms with Gasteiger partial charge in [0.1, 0.15) is 5.75 Å². The second kappa shape index (κ2) is 10.6. The maximum absolute atomic E-state index is 9.83. The van der Waals surface area contributed by atoms with Gasteiger partial charge in [-0.25, -0.2) is 0 Å². The second-order valence-electron chi connectivity index (χ2n) is 5.34. The Kier molecular flexibility index (Phi) is 9.01. The van der Waals surface area contributed by atoms with Crippen LogP contribution >= 0.6 is 0 Å². The number of aliphatic hydroxyl groups is 1. The van der Waals surface area contributed by atoms with Gasteiger partial charge in [0.15, 0.2) is 0 Å². The van der Waals surface area contributed by atoms with Gasteiger partial charge in [-0.1, -0.05) is 18.2 Å². The van der Waals surface area contributed by atoms with Crippen LogP contribution in [-0.2, 0) is 11.3 Å². The molecule has 0 aromatic heterocycles. The summed E-state index contributed by atoms with van der Waals surface area (Å²) >= 11 is 0. The summed E-state index contributed by atoms with van der Waals surface area (Å²) in [6.07, 6.45) is 0.584. The lowest BCUT2D eigenvalue weighted by molar-refractivity contribution is 0.0282. The molecule has 0 fully saturated rings. The smallest absolute Gasteiger partial charge is 0.124 e. The van der Waals surface area contributed by atoms with Gasteiger partial charge in [0, 0.05) is 12.1 Å². The number of hydrogen-bond acceptors (Lipinski definition) is 5. The standard InChI is InChI=1S/C16H28N2O3/c1-18(2)10-6-9-17-11-15(19)13-21-12-14-7-4-5-8-16(14)20-3/h4-5,7-8,15,17,19H,6,9-13H2,1-3H3. The molecule has 1 rings (SSSR count). The first-order valence-corrected chi connectivity index (χ1v) is 7.36. The van der Waals surface area contributed by atoms with Crippen LogP contribution in [0.15, 0.2) is 24.3 Å². The quantitative estimate of drug-likeness (QED) is 0.599. The Morgan fingerprint density at radius 2 is 2.05 bits per heavy atom. The lowest BCUT2D eigenvalue weighted by Crippen LogP contribution is -2.32. The third kappa shape index (κ3) is 8.02. The molecule has 0 saturated carbocycles. The van der Waals surface area contributed by atoms with Gasteiger partial charge in [-0.3, -0.25) is 0 Å². The molecule has 0 saturated heterocycles. The van der Waals surface area contributed by atoms with Crippen molar-refractivity contribution in [1.29, 1.82) is 0 Å². The third-order valence-electron chi connectivity index (χ3n) is 3.10. The predicted octanol–water partition coefficient (Wildman–Crippen LogP) is 1.11. The highest BCUT2D eigenvalue weighted by Crippen LogP contribution is 2.17. The van der Waals surface area contributed by atoms with Crippen LogP contribution in [-0.4, -0.2) is 63.6 Å². The molecule has 1 aromatic carbocycles. The van der Waals surface area contributed by atoms with Crippen LogP contribution in [0.4, 0.5) is 0 Å². The average Bonchev–Trinajstić information content (AvgIpc) is 2.47. The minimum atomic E-state index is -0.487. The van der Waals surface area contributed by atoms with E-state index in [1.54, 1.807) is 7.11 Å². The van der Waals surface area contributed by atoms with Crippen LogP contribution in [0.5, 0.6) is 5.75 Å². The predicted molar refractivity (Wildman–Crippen MR) is 84.7 cm³/mol. The van der Waals surface area contributed by atoms with Crippen molar-refractivity contribution >= 4 is 0 Å². The van der Waals surface area contributed by atoms with Crippen LogP contribution in [0, 0.1) is 0 Å². The minimum absolute atomic E-state index is 0.318. The third-order valence-corrected chi connectivity index (χ3v) is 3.10. The maximum Gasteiger partial charge on any atom is 0.124 e.